The molecule has 0 spiro atoms. The molecule has 2 aromatic carbocycles. The van der Waals surface area contributed by atoms with Crippen LogP contribution in [0.15, 0.2) is 77.6 Å². The van der Waals surface area contributed by atoms with Crippen LogP contribution in [0.5, 0.6) is 5.75 Å². The largest absolute Gasteiger partial charge is 0.497 e. The first-order chi connectivity index (χ1) is 16.1. The lowest BCUT2D eigenvalue weighted by atomic mass is 10.1. The Balaban J connectivity index is 1.38. The molecule has 9 nitrogen and oxygen atoms in total. The normalized spacial score (nSPS) is 10.5. The van der Waals surface area contributed by atoms with Gasteiger partial charge < -0.3 is 19.9 Å². The zero-order chi connectivity index (χ0) is 23.0. The average molecular weight is 443 g/mol. The Morgan fingerprint density at radius 1 is 1.03 bits per heavy atom. The first-order valence-electron chi connectivity index (χ1n) is 10.2. The third kappa shape index (κ3) is 5.59. The molecular weight excluding hydrogens is 422 g/mol. The smallest absolute Gasteiger partial charge is 0.257 e. The minimum Gasteiger partial charge on any atom is -0.497 e. The minimum atomic E-state index is -0.350. The lowest BCUT2D eigenvalue weighted by Crippen LogP contribution is -2.18. The summed E-state index contributed by atoms with van der Waals surface area (Å²) in [5.74, 6) is 0.753. The fourth-order valence-electron chi connectivity index (χ4n) is 3.09. The number of aromatic nitrogens is 3. The van der Waals surface area contributed by atoms with E-state index in [4.69, 9.17) is 9.26 Å². The van der Waals surface area contributed by atoms with Crippen LogP contribution < -0.4 is 15.4 Å². The molecule has 0 atom stereocenters. The number of pyridine rings is 1. The number of hydrogen-bond donors (Lipinski definition) is 2. The first-order valence-corrected chi connectivity index (χ1v) is 10.2. The molecule has 0 saturated heterocycles. The summed E-state index contributed by atoms with van der Waals surface area (Å²) < 4.78 is 10.4. The zero-order valence-corrected chi connectivity index (χ0v) is 17.8. The van der Waals surface area contributed by atoms with Gasteiger partial charge in [0.05, 0.1) is 18.4 Å². The molecule has 33 heavy (non-hydrogen) atoms. The van der Waals surface area contributed by atoms with Crippen LogP contribution in [0, 0.1) is 0 Å². The van der Waals surface area contributed by atoms with E-state index in [-0.39, 0.29) is 24.7 Å². The molecule has 0 aliphatic heterocycles. The van der Waals surface area contributed by atoms with Gasteiger partial charge in [0.2, 0.25) is 17.6 Å². The Morgan fingerprint density at radius 3 is 2.73 bits per heavy atom. The van der Waals surface area contributed by atoms with Gasteiger partial charge in [-0.3, -0.25) is 14.6 Å². The molecular formula is C24H21N5O4. The summed E-state index contributed by atoms with van der Waals surface area (Å²) in [4.78, 5) is 33.6. The predicted molar refractivity (Wildman–Crippen MR) is 122 cm³/mol. The summed E-state index contributed by atoms with van der Waals surface area (Å²) in [5, 5.41) is 9.52. The van der Waals surface area contributed by atoms with Crippen molar-refractivity contribution in [3.8, 4) is 17.1 Å². The molecule has 2 heterocycles. The maximum absolute atomic E-state index is 12.8. The van der Waals surface area contributed by atoms with Crippen LogP contribution in [0.25, 0.3) is 11.4 Å². The summed E-state index contributed by atoms with van der Waals surface area (Å²) in [6.45, 7) is 0. The second-order valence-electron chi connectivity index (χ2n) is 7.03. The Kier molecular flexibility index (Phi) is 6.70. The van der Waals surface area contributed by atoms with E-state index >= 15 is 0 Å². The number of benzene rings is 2. The summed E-state index contributed by atoms with van der Waals surface area (Å²) in [5.41, 5.74) is 2.06. The van der Waals surface area contributed by atoms with Gasteiger partial charge in [-0.1, -0.05) is 23.4 Å². The van der Waals surface area contributed by atoms with Crippen molar-refractivity contribution in [3.63, 3.8) is 0 Å². The number of carbonyl (C=O) groups excluding carboxylic acids is 2. The number of anilines is 2. The van der Waals surface area contributed by atoms with Crippen LogP contribution in [0.4, 0.5) is 11.4 Å². The number of rotatable bonds is 8. The van der Waals surface area contributed by atoms with Gasteiger partial charge in [0.1, 0.15) is 5.75 Å². The van der Waals surface area contributed by atoms with Crippen LogP contribution in [-0.2, 0) is 11.2 Å². The van der Waals surface area contributed by atoms with Gasteiger partial charge in [0.25, 0.3) is 5.91 Å². The summed E-state index contributed by atoms with van der Waals surface area (Å²) in [6, 6.07) is 17.4. The molecule has 2 N–H and O–H groups in total. The van der Waals surface area contributed by atoms with E-state index < -0.39 is 0 Å². The van der Waals surface area contributed by atoms with Gasteiger partial charge >= 0.3 is 0 Å². The van der Waals surface area contributed by atoms with Gasteiger partial charge in [0.15, 0.2) is 0 Å². The number of aryl methyl sites for hydroxylation is 1. The van der Waals surface area contributed by atoms with Crippen molar-refractivity contribution in [1.29, 1.82) is 0 Å². The molecule has 2 amide bonds. The highest BCUT2D eigenvalue weighted by molar-refractivity contribution is 6.10. The second-order valence-corrected chi connectivity index (χ2v) is 7.03. The number of hydrogen-bond acceptors (Lipinski definition) is 7. The SMILES string of the molecule is COc1cccc(NC(=O)c2ccccc2NC(=O)CCc2nc(-c3cccnc3)no2)c1. The molecule has 0 bridgehead atoms. The van der Waals surface area contributed by atoms with E-state index in [1.165, 1.54) is 0 Å². The van der Waals surface area contributed by atoms with Gasteiger partial charge in [-0.25, -0.2) is 0 Å². The number of nitrogens with zero attached hydrogens (tertiary/aromatic N) is 3. The Hall–Kier alpha value is -4.53. The molecule has 4 rings (SSSR count). The minimum absolute atomic E-state index is 0.112. The average Bonchev–Trinajstić information content (AvgIpc) is 3.33. The quantitative estimate of drug-likeness (QED) is 0.423. The molecule has 166 valence electrons. The van der Waals surface area contributed by atoms with Crippen molar-refractivity contribution in [3.05, 3.63) is 84.5 Å². The number of ether oxygens (including phenoxy) is 1. The standard InChI is InChI=1S/C24H21N5O4/c1-32-18-8-4-7-17(14-18)26-24(31)19-9-2-3-10-20(19)27-21(30)11-12-22-28-23(29-33-22)16-6-5-13-25-15-16/h2-10,13-15H,11-12H2,1H3,(H,26,31)(H,27,30). The highest BCUT2D eigenvalue weighted by Gasteiger charge is 2.15. The molecule has 0 fully saturated rings. The highest BCUT2D eigenvalue weighted by Crippen LogP contribution is 2.21. The van der Waals surface area contributed by atoms with Gasteiger partial charge in [-0.05, 0) is 36.4 Å². The summed E-state index contributed by atoms with van der Waals surface area (Å²) in [7, 11) is 1.56. The van der Waals surface area contributed by atoms with Crippen LogP contribution in [0.3, 0.4) is 0 Å². The van der Waals surface area contributed by atoms with E-state index in [0.29, 0.717) is 34.4 Å². The highest BCUT2D eigenvalue weighted by atomic mass is 16.5. The van der Waals surface area contributed by atoms with E-state index in [9.17, 15) is 9.59 Å². The molecule has 4 aromatic rings. The molecule has 0 saturated carbocycles. The zero-order valence-electron chi connectivity index (χ0n) is 17.8. The molecule has 9 heteroatoms. The second kappa shape index (κ2) is 10.2. The van der Waals surface area contributed by atoms with Crippen molar-refractivity contribution in [2.75, 3.05) is 17.7 Å². The Morgan fingerprint density at radius 2 is 1.91 bits per heavy atom. The number of nitrogens with one attached hydrogen (secondary N) is 2. The lowest BCUT2D eigenvalue weighted by molar-refractivity contribution is -0.116. The summed E-state index contributed by atoms with van der Waals surface area (Å²) >= 11 is 0. The fraction of sp³-hybridized carbons (Fsp3) is 0.125. The molecule has 0 unspecified atom stereocenters. The van der Waals surface area contributed by atoms with Crippen LogP contribution in [0.1, 0.15) is 22.7 Å². The molecule has 2 aromatic heterocycles. The maximum Gasteiger partial charge on any atom is 0.257 e. The van der Waals surface area contributed by atoms with Crippen molar-refractivity contribution < 1.29 is 18.8 Å². The van der Waals surface area contributed by atoms with E-state index in [0.717, 1.165) is 5.56 Å². The fourth-order valence-corrected chi connectivity index (χ4v) is 3.09. The Bertz CT molecular complexity index is 1260. The van der Waals surface area contributed by atoms with Gasteiger partial charge in [-0.2, -0.15) is 4.98 Å². The van der Waals surface area contributed by atoms with E-state index in [1.54, 1.807) is 74.1 Å². The van der Waals surface area contributed by atoms with Gasteiger partial charge in [-0.15, -0.1) is 0 Å². The number of carbonyl (C=O) groups is 2. The van der Waals surface area contributed by atoms with Crippen LogP contribution >= 0.6 is 0 Å². The van der Waals surface area contributed by atoms with Crippen molar-refractivity contribution in [1.82, 2.24) is 15.1 Å². The first kappa shape index (κ1) is 21.7. The molecule has 0 radical (unpaired) electrons. The third-order valence-corrected chi connectivity index (χ3v) is 4.73. The van der Waals surface area contributed by atoms with E-state index in [1.807, 2.05) is 6.07 Å². The van der Waals surface area contributed by atoms with Crippen LogP contribution in [-0.4, -0.2) is 34.0 Å². The van der Waals surface area contributed by atoms with Crippen molar-refractivity contribution in [2.24, 2.45) is 0 Å². The van der Waals surface area contributed by atoms with Crippen LogP contribution in [0.2, 0.25) is 0 Å². The van der Waals surface area contributed by atoms with Crippen molar-refractivity contribution >= 4 is 23.2 Å². The van der Waals surface area contributed by atoms with Crippen molar-refractivity contribution in [2.45, 2.75) is 12.8 Å². The number of methoxy groups -OCH3 is 1. The Labute approximate surface area is 189 Å². The molecule has 0 aliphatic carbocycles. The number of amides is 2. The monoisotopic (exact) mass is 443 g/mol. The topological polar surface area (TPSA) is 119 Å². The predicted octanol–water partition coefficient (Wildman–Crippen LogP) is 3.96. The lowest BCUT2D eigenvalue weighted by Gasteiger charge is -2.12. The maximum atomic E-state index is 12.8. The third-order valence-electron chi connectivity index (χ3n) is 4.73. The molecule has 0 aliphatic rings. The van der Waals surface area contributed by atoms with Gasteiger partial charge in [0, 0.05) is 42.6 Å². The summed E-state index contributed by atoms with van der Waals surface area (Å²) in [6.07, 6.45) is 3.66. The number of para-hydroxylation sites is 1. The van der Waals surface area contributed by atoms with E-state index in [2.05, 4.69) is 25.8 Å².